The molecule has 0 aromatic rings. The van der Waals surface area contributed by atoms with Gasteiger partial charge >= 0.3 is 0 Å². The van der Waals surface area contributed by atoms with Gasteiger partial charge in [0.1, 0.15) is 0 Å². The molecule has 1 aliphatic rings. The molecule has 6 nitrogen and oxygen atoms in total. The van der Waals surface area contributed by atoms with Gasteiger partial charge in [-0.25, -0.2) is 13.1 Å². The first-order valence-corrected chi connectivity index (χ1v) is 8.08. The predicted molar refractivity (Wildman–Crippen MR) is 70.1 cm³/mol. The molecule has 1 saturated heterocycles. The maximum atomic E-state index is 11.5. The number of hydrogen-bond donors (Lipinski definition) is 2. The van der Waals surface area contributed by atoms with Crippen molar-refractivity contribution < 1.29 is 17.9 Å². The third kappa shape index (κ3) is 7.27. The second kappa shape index (κ2) is 8.82. The van der Waals surface area contributed by atoms with E-state index in [1.54, 1.807) is 7.11 Å². The standard InChI is InChI=1S/C11H24N2O4S/c1-16-8-2-10-18(14,15)13-7-9-17-11-3-5-12-6-4-11/h11-13H,2-10H2,1H3. The number of rotatable bonds is 9. The zero-order chi connectivity index (χ0) is 13.3. The number of methoxy groups -OCH3 is 1. The van der Waals surface area contributed by atoms with E-state index in [9.17, 15) is 8.42 Å². The van der Waals surface area contributed by atoms with Crippen molar-refractivity contribution in [2.45, 2.75) is 25.4 Å². The van der Waals surface area contributed by atoms with Crippen LogP contribution in [0.3, 0.4) is 0 Å². The van der Waals surface area contributed by atoms with Gasteiger partial charge in [0.15, 0.2) is 0 Å². The zero-order valence-electron chi connectivity index (χ0n) is 11.0. The van der Waals surface area contributed by atoms with E-state index in [0.29, 0.717) is 26.2 Å². The van der Waals surface area contributed by atoms with Crippen LogP contribution in [0.2, 0.25) is 0 Å². The first-order chi connectivity index (χ1) is 8.64. The first-order valence-electron chi connectivity index (χ1n) is 6.42. The summed E-state index contributed by atoms with van der Waals surface area (Å²) in [6, 6.07) is 0. The predicted octanol–water partition coefficient (Wildman–Crippen LogP) is -0.289. The van der Waals surface area contributed by atoms with E-state index in [4.69, 9.17) is 9.47 Å². The molecule has 0 amide bonds. The third-order valence-electron chi connectivity index (χ3n) is 2.83. The van der Waals surface area contributed by atoms with Gasteiger partial charge in [-0.05, 0) is 32.4 Å². The Morgan fingerprint density at radius 2 is 2.00 bits per heavy atom. The summed E-state index contributed by atoms with van der Waals surface area (Å²) in [4.78, 5) is 0. The van der Waals surface area contributed by atoms with Crippen LogP contribution in [0.15, 0.2) is 0 Å². The monoisotopic (exact) mass is 280 g/mol. The Morgan fingerprint density at radius 3 is 2.67 bits per heavy atom. The van der Waals surface area contributed by atoms with Crippen molar-refractivity contribution in [2.75, 3.05) is 45.7 Å². The van der Waals surface area contributed by atoms with Crippen LogP contribution in [0.4, 0.5) is 0 Å². The van der Waals surface area contributed by atoms with Crippen molar-refractivity contribution >= 4 is 10.0 Å². The van der Waals surface area contributed by atoms with Crippen LogP contribution in [-0.4, -0.2) is 60.2 Å². The van der Waals surface area contributed by atoms with Crippen LogP contribution >= 0.6 is 0 Å². The highest BCUT2D eigenvalue weighted by molar-refractivity contribution is 7.89. The molecular formula is C11H24N2O4S. The van der Waals surface area contributed by atoms with E-state index in [0.717, 1.165) is 25.9 Å². The molecule has 0 aromatic heterocycles. The minimum absolute atomic E-state index is 0.105. The van der Waals surface area contributed by atoms with Gasteiger partial charge in [0.2, 0.25) is 10.0 Å². The van der Waals surface area contributed by atoms with E-state index in [2.05, 4.69) is 10.0 Å². The molecule has 18 heavy (non-hydrogen) atoms. The lowest BCUT2D eigenvalue weighted by atomic mass is 10.1. The van der Waals surface area contributed by atoms with Gasteiger partial charge in [-0.1, -0.05) is 0 Å². The van der Waals surface area contributed by atoms with Gasteiger partial charge in [0.25, 0.3) is 0 Å². The molecule has 0 saturated carbocycles. The van der Waals surface area contributed by atoms with Crippen molar-refractivity contribution in [1.82, 2.24) is 10.0 Å². The van der Waals surface area contributed by atoms with Crippen molar-refractivity contribution in [3.05, 3.63) is 0 Å². The van der Waals surface area contributed by atoms with Gasteiger partial charge in [0, 0.05) is 20.3 Å². The summed E-state index contributed by atoms with van der Waals surface area (Å²) < 4.78 is 36.0. The van der Waals surface area contributed by atoms with E-state index in [-0.39, 0.29) is 11.9 Å². The molecule has 0 unspecified atom stereocenters. The number of nitrogens with one attached hydrogen (secondary N) is 2. The highest BCUT2D eigenvalue weighted by Gasteiger charge is 2.13. The fraction of sp³-hybridized carbons (Fsp3) is 1.00. The molecule has 0 aliphatic carbocycles. The lowest BCUT2D eigenvalue weighted by Crippen LogP contribution is -2.35. The minimum atomic E-state index is -3.18. The fourth-order valence-electron chi connectivity index (χ4n) is 1.85. The van der Waals surface area contributed by atoms with Crippen molar-refractivity contribution in [3.8, 4) is 0 Å². The number of hydrogen-bond acceptors (Lipinski definition) is 5. The van der Waals surface area contributed by atoms with Crippen molar-refractivity contribution in [1.29, 1.82) is 0 Å². The summed E-state index contributed by atoms with van der Waals surface area (Å²) in [6.45, 7) is 3.21. The number of piperidine rings is 1. The summed E-state index contributed by atoms with van der Waals surface area (Å²) >= 11 is 0. The van der Waals surface area contributed by atoms with Gasteiger partial charge in [-0.15, -0.1) is 0 Å². The Bertz CT molecular complexity index is 302. The molecular weight excluding hydrogens is 256 g/mol. The molecule has 0 atom stereocenters. The van der Waals surface area contributed by atoms with Crippen LogP contribution in [0.25, 0.3) is 0 Å². The maximum absolute atomic E-state index is 11.5. The van der Waals surface area contributed by atoms with Crippen LogP contribution in [0.5, 0.6) is 0 Å². The highest BCUT2D eigenvalue weighted by atomic mass is 32.2. The Labute approximate surface area is 109 Å². The fourth-order valence-corrected chi connectivity index (χ4v) is 2.89. The topological polar surface area (TPSA) is 76.7 Å². The molecule has 7 heteroatoms. The number of sulfonamides is 1. The molecule has 1 aliphatic heterocycles. The van der Waals surface area contributed by atoms with Crippen LogP contribution < -0.4 is 10.0 Å². The summed E-state index contributed by atoms with van der Waals surface area (Å²) in [5.74, 6) is 0.105. The SMILES string of the molecule is COCCCS(=O)(=O)NCCOC1CCNCC1. The zero-order valence-corrected chi connectivity index (χ0v) is 11.8. The third-order valence-corrected chi connectivity index (χ3v) is 4.30. The second-order valence-corrected chi connectivity index (χ2v) is 6.31. The van der Waals surface area contributed by atoms with Crippen LogP contribution in [-0.2, 0) is 19.5 Å². The van der Waals surface area contributed by atoms with E-state index in [1.165, 1.54) is 0 Å². The van der Waals surface area contributed by atoms with E-state index < -0.39 is 10.0 Å². The average molecular weight is 280 g/mol. The van der Waals surface area contributed by atoms with Crippen molar-refractivity contribution in [2.24, 2.45) is 0 Å². The summed E-state index contributed by atoms with van der Waals surface area (Å²) in [5, 5.41) is 3.25. The quantitative estimate of drug-likeness (QED) is 0.568. The Hall–Kier alpha value is -0.210. The summed E-state index contributed by atoms with van der Waals surface area (Å²) in [6.07, 6.45) is 2.78. The summed E-state index contributed by atoms with van der Waals surface area (Å²) in [5.41, 5.74) is 0. The first kappa shape index (κ1) is 15.8. The molecule has 0 aromatic carbocycles. The van der Waals surface area contributed by atoms with Gasteiger partial charge in [-0.3, -0.25) is 0 Å². The second-order valence-electron chi connectivity index (χ2n) is 4.38. The van der Waals surface area contributed by atoms with E-state index >= 15 is 0 Å². The largest absolute Gasteiger partial charge is 0.385 e. The lowest BCUT2D eigenvalue weighted by Gasteiger charge is -2.22. The summed E-state index contributed by atoms with van der Waals surface area (Å²) in [7, 11) is -1.62. The molecule has 0 bridgehead atoms. The number of ether oxygens (including phenoxy) is 2. The Balaban J connectivity index is 2.05. The molecule has 1 heterocycles. The van der Waals surface area contributed by atoms with Gasteiger partial charge in [-0.2, -0.15) is 0 Å². The maximum Gasteiger partial charge on any atom is 0.211 e. The molecule has 0 radical (unpaired) electrons. The van der Waals surface area contributed by atoms with Gasteiger partial charge in [0.05, 0.1) is 18.5 Å². The van der Waals surface area contributed by atoms with Crippen molar-refractivity contribution in [3.63, 3.8) is 0 Å². The molecule has 1 rings (SSSR count). The van der Waals surface area contributed by atoms with Crippen LogP contribution in [0.1, 0.15) is 19.3 Å². The Morgan fingerprint density at radius 1 is 1.28 bits per heavy atom. The highest BCUT2D eigenvalue weighted by Crippen LogP contribution is 2.06. The normalized spacial score (nSPS) is 18.1. The molecule has 108 valence electrons. The smallest absolute Gasteiger partial charge is 0.211 e. The molecule has 2 N–H and O–H groups in total. The molecule has 0 spiro atoms. The minimum Gasteiger partial charge on any atom is -0.385 e. The Kier molecular flexibility index (Phi) is 7.76. The van der Waals surface area contributed by atoms with E-state index in [1.807, 2.05) is 0 Å². The van der Waals surface area contributed by atoms with Crippen LogP contribution in [0, 0.1) is 0 Å². The molecule has 1 fully saturated rings. The van der Waals surface area contributed by atoms with Gasteiger partial charge < -0.3 is 14.8 Å². The average Bonchev–Trinajstić information content (AvgIpc) is 2.36. The lowest BCUT2D eigenvalue weighted by molar-refractivity contribution is 0.0367.